The summed E-state index contributed by atoms with van der Waals surface area (Å²) >= 11 is 0. The van der Waals surface area contributed by atoms with Gasteiger partial charge in [-0.05, 0) is 37.3 Å². The van der Waals surface area contributed by atoms with Crippen molar-refractivity contribution in [3.05, 3.63) is 93.8 Å². The molecule has 4 rings (SSSR count). The van der Waals surface area contributed by atoms with Crippen molar-refractivity contribution in [2.45, 2.75) is 13.1 Å². The highest BCUT2D eigenvalue weighted by Crippen LogP contribution is 2.40. The summed E-state index contributed by atoms with van der Waals surface area (Å²) in [5, 5.41) is -0.0979. The average molecular weight is 454 g/mol. The summed E-state index contributed by atoms with van der Waals surface area (Å²) in [6, 6.07) is 16.2. The zero-order valence-corrected chi connectivity index (χ0v) is 17.5. The molecule has 0 aliphatic carbocycles. The molecule has 4 aromatic rings. The Bertz CT molecular complexity index is 1420. The van der Waals surface area contributed by atoms with Gasteiger partial charge in [-0.25, -0.2) is 4.79 Å². The van der Waals surface area contributed by atoms with Gasteiger partial charge < -0.3 is 13.9 Å². The molecule has 0 saturated heterocycles. The summed E-state index contributed by atoms with van der Waals surface area (Å²) in [7, 11) is 1.30. The number of para-hydroxylation sites is 1. The van der Waals surface area contributed by atoms with Gasteiger partial charge in [-0.3, -0.25) is 4.79 Å². The van der Waals surface area contributed by atoms with Crippen molar-refractivity contribution in [3.8, 4) is 22.6 Å². The summed E-state index contributed by atoms with van der Waals surface area (Å²) < 4.78 is 57.3. The highest BCUT2D eigenvalue weighted by molar-refractivity contribution is 5.92. The molecule has 0 radical (unpaired) electrons. The van der Waals surface area contributed by atoms with Crippen LogP contribution in [0.3, 0.4) is 0 Å². The second-order valence-corrected chi connectivity index (χ2v) is 7.25. The minimum atomic E-state index is -4.96. The molecule has 0 atom stereocenters. The molecule has 0 bridgehead atoms. The van der Waals surface area contributed by atoms with E-state index in [0.717, 1.165) is 11.6 Å². The van der Waals surface area contributed by atoms with Crippen molar-refractivity contribution in [2.75, 3.05) is 7.11 Å². The van der Waals surface area contributed by atoms with Crippen molar-refractivity contribution in [1.29, 1.82) is 0 Å². The molecule has 1 heterocycles. The van der Waals surface area contributed by atoms with Crippen molar-refractivity contribution in [3.63, 3.8) is 0 Å². The van der Waals surface area contributed by atoms with Gasteiger partial charge in [-0.1, -0.05) is 35.9 Å². The number of methoxy groups -OCH3 is 1. The van der Waals surface area contributed by atoms with Crippen LogP contribution in [0.15, 0.2) is 75.9 Å². The summed E-state index contributed by atoms with van der Waals surface area (Å²) in [5.74, 6) is -2.12. The minimum Gasteiger partial charge on any atom is -0.496 e. The predicted molar refractivity (Wildman–Crippen MR) is 116 cm³/mol. The lowest BCUT2D eigenvalue weighted by Gasteiger charge is -2.15. The van der Waals surface area contributed by atoms with Crippen LogP contribution in [0, 0.1) is 6.92 Å². The van der Waals surface area contributed by atoms with E-state index in [1.54, 1.807) is 37.3 Å². The number of carbonyl (C=O) groups excluding carboxylic acids is 1. The zero-order chi connectivity index (χ0) is 23.8. The fraction of sp³-hybridized carbons (Fsp3) is 0.120. The Kier molecular flexibility index (Phi) is 5.68. The number of esters is 1. The normalized spacial score (nSPS) is 11.4. The molecule has 33 heavy (non-hydrogen) atoms. The third-order valence-electron chi connectivity index (χ3n) is 4.96. The molecule has 1 aromatic heterocycles. The standard InChI is InChI=1S/C25H17F3O5/c1-14-6-5-7-15(12-14)24(30)32-16-10-11-18-20(13-16)33-23(25(26,27)28)21(22(18)29)17-8-3-4-9-19(17)31-2/h3-13H,1-2H3. The number of carbonyl (C=O) groups is 1. The first-order valence-corrected chi connectivity index (χ1v) is 9.79. The number of alkyl halides is 3. The number of halogens is 3. The van der Waals surface area contributed by atoms with Gasteiger partial charge in [0.1, 0.15) is 17.1 Å². The van der Waals surface area contributed by atoms with Gasteiger partial charge in [0.15, 0.2) is 0 Å². The smallest absolute Gasteiger partial charge is 0.450 e. The molecular weight excluding hydrogens is 437 g/mol. The Morgan fingerprint density at radius 1 is 0.970 bits per heavy atom. The lowest BCUT2D eigenvalue weighted by Crippen LogP contribution is -2.16. The van der Waals surface area contributed by atoms with Crippen LogP contribution in [0.4, 0.5) is 13.2 Å². The maximum atomic E-state index is 13.9. The van der Waals surface area contributed by atoms with E-state index in [0.29, 0.717) is 0 Å². The van der Waals surface area contributed by atoms with E-state index in [4.69, 9.17) is 13.9 Å². The van der Waals surface area contributed by atoms with Crippen molar-refractivity contribution < 1.29 is 31.9 Å². The second-order valence-electron chi connectivity index (χ2n) is 7.25. The number of fused-ring (bicyclic) bond motifs is 1. The van der Waals surface area contributed by atoms with E-state index in [-0.39, 0.29) is 33.6 Å². The Morgan fingerprint density at radius 3 is 2.42 bits per heavy atom. The van der Waals surface area contributed by atoms with Crippen LogP contribution >= 0.6 is 0 Å². The molecule has 0 fully saturated rings. The van der Waals surface area contributed by atoms with Gasteiger partial charge in [0.05, 0.1) is 23.6 Å². The van der Waals surface area contributed by atoms with Crippen molar-refractivity contribution in [2.24, 2.45) is 0 Å². The quantitative estimate of drug-likeness (QED) is 0.279. The van der Waals surface area contributed by atoms with Crippen LogP contribution in [0.2, 0.25) is 0 Å². The summed E-state index contributed by atoms with van der Waals surface area (Å²) in [5.41, 5.74) is -0.827. The largest absolute Gasteiger partial charge is 0.496 e. The van der Waals surface area contributed by atoms with Crippen LogP contribution < -0.4 is 14.9 Å². The van der Waals surface area contributed by atoms with E-state index >= 15 is 0 Å². The molecule has 0 N–H and O–H groups in total. The molecule has 5 nitrogen and oxygen atoms in total. The lowest BCUT2D eigenvalue weighted by atomic mass is 10.0. The van der Waals surface area contributed by atoms with Crippen LogP contribution in [-0.4, -0.2) is 13.1 Å². The summed E-state index contributed by atoms with van der Waals surface area (Å²) in [6.45, 7) is 1.81. The first-order chi connectivity index (χ1) is 15.7. The Balaban J connectivity index is 1.85. The maximum Gasteiger partial charge on any atom is 0.450 e. The van der Waals surface area contributed by atoms with Crippen molar-refractivity contribution >= 4 is 16.9 Å². The fourth-order valence-corrected chi connectivity index (χ4v) is 3.47. The maximum absolute atomic E-state index is 13.9. The van der Waals surface area contributed by atoms with Gasteiger partial charge in [-0.2, -0.15) is 13.2 Å². The van der Waals surface area contributed by atoms with E-state index in [1.165, 1.54) is 37.4 Å². The zero-order valence-electron chi connectivity index (χ0n) is 17.5. The van der Waals surface area contributed by atoms with E-state index in [2.05, 4.69) is 0 Å². The lowest BCUT2D eigenvalue weighted by molar-refractivity contribution is -0.152. The highest BCUT2D eigenvalue weighted by Gasteiger charge is 2.40. The number of hydrogen-bond acceptors (Lipinski definition) is 5. The Hall–Kier alpha value is -4.07. The molecule has 0 amide bonds. The van der Waals surface area contributed by atoms with Crippen molar-refractivity contribution in [1.82, 2.24) is 0 Å². The van der Waals surface area contributed by atoms with E-state index in [1.807, 2.05) is 0 Å². The topological polar surface area (TPSA) is 65.7 Å². The van der Waals surface area contributed by atoms with Crippen LogP contribution in [0.1, 0.15) is 21.7 Å². The number of rotatable bonds is 4. The van der Waals surface area contributed by atoms with Crippen LogP contribution in [0.25, 0.3) is 22.1 Å². The Morgan fingerprint density at radius 2 is 1.73 bits per heavy atom. The number of benzene rings is 3. The van der Waals surface area contributed by atoms with E-state index in [9.17, 15) is 22.8 Å². The molecule has 0 aliphatic heterocycles. The fourth-order valence-electron chi connectivity index (χ4n) is 3.47. The number of aryl methyl sites for hydroxylation is 1. The summed E-state index contributed by atoms with van der Waals surface area (Å²) in [4.78, 5) is 25.5. The van der Waals surface area contributed by atoms with Gasteiger partial charge in [0.25, 0.3) is 0 Å². The molecule has 168 valence electrons. The predicted octanol–water partition coefficient (Wildman–Crippen LogP) is 6.02. The molecule has 0 spiro atoms. The highest BCUT2D eigenvalue weighted by atomic mass is 19.4. The first kappa shape index (κ1) is 22.1. The molecule has 3 aromatic carbocycles. The summed E-state index contributed by atoms with van der Waals surface area (Å²) in [6.07, 6.45) is -4.96. The van der Waals surface area contributed by atoms with Gasteiger partial charge in [0.2, 0.25) is 11.2 Å². The minimum absolute atomic E-state index is 0.0436. The number of hydrogen-bond donors (Lipinski definition) is 0. The van der Waals surface area contributed by atoms with E-state index < -0.39 is 28.9 Å². The first-order valence-electron chi connectivity index (χ1n) is 9.79. The SMILES string of the molecule is COc1ccccc1-c1c(C(F)(F)F)oc2cc(OC(=O)c3cccc(C)c3)ccc2c1=O. The molecular formula is C25H17F3O5. The molecule has 8 heteroatoms. The second kappa shape index (κ2) is 8.46. The average Bonchev–Trinajstić information content (AvgIpc) is 2.78. The number of ether oxygens (including phenoxy) is 2. The molecule has 0 unspecified atom stereocenters. The van der Waals surface area contributed by atoms with Crippen LogP contribution in [0.5, 0.6) is 11.5 Å². The third kappa shape index (κ3) is 4.32. The molecule has 0 aliphatic rings. The van der Waals surface area contributed by atoms with Gasteiger partial charge >= 0.3 is 12.1 Å². The third-order valence-corrected chi connectivity index (χ3v) is 4.96. The van der Waals surface area contributed by atoms with Gasteiger partial charge in [0, 0.05) is 11.6 Å². The van der Waals surface area contributed by atoms with Crippen LogP contribution in [-0.2, 0) is 6.18 Å². The van der Waals surface area contributed by atoms with Gasteiger partial charge in [-0.15, -0.1) is 0 Å². The Labute approximate surface area is 186 Å². The monoisotopic (exact) mass is 454 g/mol. The molecule has 0 saturated carbocycles.